The molecule has 1 heterocycles. The fourth-order valence-electron chi connectivity index (χ4n) is 3.83. The average molecular weight is 369 g/mol. The van der Waals surface area contributed by atoms with Crippen molar-refractivity contribution in [2.24, 2.45) is 4.99 Å². The van der Waals surface area contributed by atoms with Crippen molar-refractivity contribution in [1.29, 1.82) is 0 Å². The zero-order valence-corrected chi connectivity index (χ0v) is 17.1. The number of aliphatic imine (C=N–C) groups is 1. The molecule has 26 heavy (non-hydrogen) atoms. The summed E-state index contributed by atoms with van der Waals surface area (Å²) >= 11 is 0. The third kappa shape index (κ3) is 7.80. The van der Waals surface area contributed by atoms with Gasteiger partial charge in [-0.1, -0.05) is 19.3 Å². The highest BCUT2D eigenvalue weighted by Crippen LogP contribution is 2.20. The van der Waals surface area contributed by atoms with Gasteiger partial charge in [-0.25, -0.2) is 0 Å². The van der Waals surface area contributed by atoms with Crippen LogP contribution in [0.1, 0.15) is 59.3 Å². The fourth-order valence-corrected chi connectivity index (χ4v) is 3.83. The third-order valence-electron chi connectivity index (χ3n) is 5.36. The molecule has 1 saturated heterocycles. The first kappa shape index (κ1) is 21.5. The summed E-state index contributed by atoms with van der Waals surface area (Å²) in [6.45, 7) is 12.7. The molecule has 6 heteroatoms. The second kappa shape index (κ2) is 12.5. The first-order valence-corrected chi connectivity index (χ1v) is 10.7. The van der Waals surface area contributed by atoms with Gasteiger partial charge in [-0.2, -0.15) is 0 Å². The number of hydrogen-bond donors (Lipinski definition) is 2. The molecule has 0 amide bonds. The Morgan fingerprint density at radius 3 is 2.81 bits per heavy atom. The van der Waals surface area contributed by atoms with Crippen molar-refractivity contribution < 1.29 is 9.47 Å². The second-order valence-electron chi connectivity index (χ2n) is 7.64. The van der Waals surface area contributed by atoms with E-state index in [0.717, 1.165) is 58.4 Å². The van der Waals surface area contributed by atoms with E-state index < -0.39 is 0 Å². The Morgan fingerprint density at radius 1 is 1.27 bits per heavy atom. The van der Waals surface area contributed by atoms with Crippen LogP contribution in [0.25, 0.3) is 0 Å². The quantitative estimate of drug-likeness (QED) is 0.372. The zero-order valence-electron chi connectivity index (χ0n) is 17.1. The van der Waals surface area contributed by atoms with Crippen LogP contribution in [0, 0.1) is 0 Å². The Balaban J connectivity index is 1.65. The van der Waals surface area contributed by atoms with Crippen LogP contribution < -0.4 is 10.6 Å². The van der Waals surface area contributed by atoms with E-state index in [1.54, 1.807) is 0 Å². The summed E-state index contributed by atoms with van der Waals surface area (Å²) in [6, 6.07) is 0.903. The van der Waals surface area contributed by atoms with Crippen LogP contribution in [0.5, 0.6) is 0 Å². The van der Waals surface area contributed by atoms with E-state index in [1.807, 2.05) is 0 Å². The van der Waals surface area contributed by atoms with Gasteiger partial charge in [0.2, 0.25) is 0 Å². The Kier molecular flexibility index (Phi) is 10.3. The molecule has 2 aliphatic rings. The van der Waals surface area contributed by atoms with E-state index in [2.05, 4.69) is 36.3 Å². The van der Waals surface area contributed by atoms with Crippen molar-refractivity contribution in [3.05, 3.63) is 0 Å². The maximum atomic E-state index is 6.00. The summed E-state index contributed by atoms with van der Waals surface area (Å²) in [5, 5.41) is 6.79. The van der Waals surface area contributed by atoms with Crippen LogP contribution >= 0.6 is 0 Å². The maximum Gasteiger partial charge on any atom is 0.191 e. The summed E-state index contributed by atoms with van der Waals surface area (Å²) in [4.78, 5) is 7.28. The Morgan fingerprint density at radius 2 is 2.08 bits per heavy atom. The van der Waals surface area contributed by atoms with Crippen molar-refractivity contribution in [2.45, 2.75) is 77.5 Å². The van der Waals surface area contributed by atoms with Crippen molar-refractivity contribution in [3.63, 3.8) is 0 Å². The highest BCUT2D eigenvalue weighted by molar-refractivity contribution is 5.79. The molecule has 1 aliphatic carbocycles. The van der Waals surface area contributed by atoms with Gasteiger partial charge >= 0.3 is 0 Å². The number of morpholine rings is 1. The first-order chi connectivity index (χ1) is 12.7. The van der Waals surface area contributed by atoms with Crippen molar-refractivity contribution in [1.82, 2.24) is 15.5 Å². The van der Waals surface area contributed by atoms with Crippen LogP contribution in [0.15, 0.2) is 4.99 Å². The molecule has 0 spiro atoms. The van der Waals surface area contributed by atoms with E-state index in [1.165, 1.54) is 32.1 Å². The summed E-state index contributed by atoms with van der Waals surface area (Å²) in [7, 11) is 0. The van der Waals surface area contributed by atoms with Crippen LogP contribution in [0.2, 0.25) is 0 Å². The number of ether oxygens (including phenoxy) is 2. The predicted molar refractivity (Wildman–Crippen MR) is 108 cm³/mol. The largest absolute Gasteiger partial charge is 0.379 e. The highest BCUT2D eigenvalue weighted by Gasteiger charge is 2.23. The summed E-state index contributed by atoms with van der Waals surface area (Å²) in [5.41, 5.74) is 0. The lowest BCUT2D eigenvalue weighted by molar-refractivity contribution is -0.0165. The number of nitrogens with zero attached hydrogens (tertiary/aromatic N) is 2. The number of nitrogens with one attached hydrogen (secondary N) is 2. The molecule has 2 atom stereocenters. The van der Waals surface area contributed by atoms with Crippen molar-refractivity contribution in [2.75, 3.05) is 46.0 Å². The van der Waals surface area contributed by atoms with Gasteiger partial charge in [-0.05, 0) is 40.0 Å². The lowest BCUT2D eigenvalue weighted by Gasteiger charge is -2.37. The predicted octanol–water partition coefficient (Wildman–Crippen LogP) is 2.39. The van der Waals surface area contributed by atoms with Crippen LogP contribution in [0.3, 0.4) is 0 Å². The molecule has 2 N–H and O–H groups in total. The van der Waals surface area contributed by atoms with E-state index >= 15 is 0 Å². The summed E-state index contributed by atoms with van der Waals surface area (Å²) in [5.74, 6) is 0.915. The van der Waals surface area contributed by atoms with E-state index in [4.69, 9.17) is 14.5 Å². The molecule has 0 aromatic heterocycles. The Bertz CT molecular complexity index is 399. The molecule has 0 radical (unpaired) electrons. The Hall–Kier alpha value is -0.850. The molecule has 0 aromatic rings. The minimum Gasteiger partial charge on any atom is -0.379 e. The fraction of sp³-hybridized carbons (Fsp3) is 0.950. The number of rotatable bonds is 9. The maximum absolute atomic E-state index is 6.00. The average Bonchev–Trinajstić information content (AvgIpc) is 2.66. The first-order valence-electron chi connectivity index (χ1n) is 10.7. The van der Waals surface area contributed by atoms with Crippen LogP contribution in [-0.4, -0.2) is 75.0 Å². The van der Waals surface area contributed by atoms with Gasteiger partial charge in [-0.3, -0.25) is 9.89 Å². The van der Waals surface area contributed by atoms with Gasteiger partial charge < -0.3 is 20.1 Å². The smallest absolute Gasteiger partial charge is 0.191 e. The number of guanidine groups is 1. The summed E-state index contributed by atoms with van der Waals surface area (Å²) < 4.78 is 11.5. The van der Waals surface area contributed by atoms with Gasteiger partial charge in [0.15, 0.2) is 5.96 Å². The van der Waals surface area contributed by atoms with Crippen LogP contribution in [-0.2, 0) is 9.47 Å². The molecular formula is C20H40N4O2. The standard InChI is InChI=1S/C20H40N4O2/c1-4-21-20(22-11-8-13-26-19-9-6-5-7-10-19)23-15-17(2)24-12-14-25-16-18(24)3/h17-19H,4-16H2,1-3H3,(H2,21,22,23). The third-order valence-corrected chi connectivity index (χ3v) is 5.36. The zero-order chi connectivity index (χ0) is 18.6. The van der Waals surface area contributed by atoms with Gasteiger partial charge in [0.25, 0.3) is 0 Å². The summed E-state index contributed by atoms with van der Waals surface area (Å²) in [6.07, 6.45) is 8.06. The van der Waals surface area contributed by atoms with Crippen molar-refractivity contribution in [3.8, 4) is 0 Å². The molecule has 1 saturated carbocycles. The van der Waals surface area contributed by atoms with Gasteiger partial charge in [0.1, 0.15) is 0 Å². The topological polar surface area (TPSA) is 58.1 Å². The van der Waals surface area contributed by atoms with E-state index in [9.17, 15) is 0 Å². The second-order valence-corrected chi connectivity index (χ2v) is 7.64. The monoisotopic (exact) mass is 368 g/mol. The van der Waals surface area contributed by atoms with Gasteiger partial charge in [0, 0.05) is 38.3 Å². The molecule has 2 unspecified atom stereocenters. The lowest BCUT2D eigenvalue weighted by atomic mass is 9.98. The molecule has 0 bridgehead atoms. The normalized spacial score (nSPS) is 24.4. The minimum absolute atomic E-state index is 0.430. The van der Waals surface area contributed by atoms with E-state index in [-0.39, 0.29) is 0 Å². The van der Waals surface area contributed by atoms with Gasteiger partial charge in [0.05, 0.1) is 25.9 Å². The molecule has 0 aromatic carbocycles. The molecule has 6 nitrogen and oxygen atoms in total. The SMILES string of the molecule is CCNC(=NCC(C)N1CCOCC1C)NCCCOC1CCCCC1. The van der Waals surface area contributed by atoms with E-state index in [0.29, 0.717) is 18.2 Å². The molecule has 2 rings (SSSR count). The van der Waals surface area contributed by atoms with Crippen molar-refractivity contribution >= 4 is 5.96 Å². The van der Waals surface area contributed by atoms with Crippen LogP contribution in [0.4, 0.5) is 0 Å². The highest BCUT2D eigenvalue weighted by atomic mass is 16.5. The van der Waals surface area contributed by atoms with Gasteiger partial charge in [-0.15, -0.1) is 0 Å². The molecule has 2 fully saturated rings. The Labute approximate surface area is 160 Å². The molecule has 1 aliphatic heterocycles. The molecule has 152 valence electrons. The number of hydrogen-bond acceptors (Lipinski definition) is 4. The molecular weight excluding hydrogens is 328 g/mol. The lowest BCUT2D eigenvalue weighted by Crippen LogP contribution is -2.49. The minimum atomic E-state index is 0.430.